The van der Waals surface area contributed by atoms with Gasteiger partial charge in [0.05, 0.1) is 11.4 Å². The Hall–Kier alpha value is -2.05. The average molecular weight is 282 g/mol. The number of nitrogen functional groups attached to an aromatic ring is 1. The fraction of sp³-hybridized carbons (Fsp3) is 0.615. The van der Waals surface area contributed by atoms with Gasteiger partial charge in [0.15, 0.2) is 11.8 Å². The van der Waals surface area contributed by atoms with Crippen LogP contribution in [0.15, 0.2) is 0 Å². The molecule has 1 atom stereocenters. The maximum Gasteiger partial charge on any atom is 0.359 e. The van der Waals surface area contributed by atoms with Crippen molar-refractivity contribution < 1.29 is 14.3 Å². The van der Waals surface area contributed by atoms with Gasteiger partial charge in [-0.2, -0.15) is 5.10 Å². The molecule has 3 N–H and O–H groups in total. The molecule has 1 aromatic rings. The van der Waals surface area contributed by atoms with Gasteiger partial charge in [0, 0.05) is 13.1 Å². The maximum atomic E-state index is 12.1. The van der Waals surface area contributed by atoms with Crippen LogP contribution in [0, 0.1) is 6.92 Å². The van der Waals surface area contributed by atoms with Crippen LogP contribution in [0.2, 0.25) is 0 Å². The number of nitrogens with one attached hydrogen (secondary N) is 1. The molecule has 0 aliphatic rings. The summed E-state index contributed by atoms with van der Waals surface area (Å²) in [5, 5.41) is 6.81. The Morgan fingerprint density at radius 2 is 2.10 bits per heavy atom. The highest BCUT2D eigenvalue weighted by Gasteiger charge is 2.24. The highest BCUT2D eigenvalue weighted by Crippen LogP contribution is 2.18. The third-order valence-electron chi connectivity index (χ3n) is 2.87. The van der Waals surface area contributed by atoms with E-state index in [1.807, 2.05) is 13.8 Å². The van der Waals surface area contributed by atoms with Gasteiger partial charge in [0.25, 0.3) is 5.91 Å². The summed E-state index contributed by atoms with van der Waals surface area (Å²) in [6, 6.07) is 0. The molecule has 1 rings (SSSR count). The minimum atomic E-state index is -0.867. The standard InChI is InChI=1S/C13H22N4O3/c1-5-7-15-12(18)9(4)20-13(19)11-10(14)8(3)16-17(11)6-2/h9H,5-7,14H2,1-4H3,(H,15,18). The summed E-state index contributed by atoms with van der Waals surface area (Å²) < 4.78 is 6.62. The average Bonchev–Trinajstić information content (AvgIpc) is 2.71. The summed E-state index contributed by atoms with van der Waals surface area (Å²) in [6.07, 6.45) is -0.0461. The normalized spacial score (nSPS) is 12.0. The van der Waals surface area contributed by atoms with Gasteiger partial charge < -0.3 is 15.8 Å². The lowest BCUT2D eigenvalue weighted by atomic mass is 10.3. The van der Waals surface area contributed by atoms with Crippen LogP contribution in [-0.2, 0) is 16.1 Å². The zero-order chi connectivity index (χ0) is 15.3. The number of aromatic nitrogens is 2. The highest BCUT2D eigenvalue weighted by atomic mass is 16.5. The zero-order valence-electron chi connectivity index (χ0n) is 12.4. The highest BCUT2D eigenvalue weighted by molar-refractivity contribution is 5.95. The summed E-state index contributed by atoms with van der Waals surface area (Å²) in [6.45, 7) is 8.09. The molecule has 0 saturated carbocycles. The van der Waals surface area contributed by atoms with Gasteiger partial charge in [-0.15, -0.1) is 0 Å². The molecule has 0 aliphatic carbocycles. The topological polar surface area (TPSA) is 99.2 Å². The van der Waals surface area contributed by atoms with E-state index in [0.29, 0.717) is 18.8 Å². The Kier molecular flexibility index (Phi) is 5.54. The van der Waals surface area contributed by atoms with E-state index < -0.39 is 12.1 Å². The van der Waals surface area contributed by atoms with Crippen LogP contribution in [-0.4, -0.2) is 34.3 Å². The Bertz CT molecular complexity index is 496. The second-order valence-corrected chi connectivity index (χ2v) is 4.50. The zero-order valence-corrected chi connectivity index (χ0v) is 12.4. The van der Waals surface area contributed by atoms with Crippen LogP contribution < -0.4 is 11.1 Å². The Labute approximate surface area is 118 Å². The van der Waals surface area contributed by atoms with Gasteiger partial charge in [-0.25, -0.2) is 4.79 Å². The van der Waals surface area contributed by atoms with Crippen molar-refractivity contribution in [2.75, 3.05) is 12.3 Å². The third-order valence-corrected chi connectivity index (χ3v) is 2.87. The van der Waals surface area contributed by atoms with Crippen molar-refractivity contribution in [2.45, 2.75) is 46.8 Å². The van der Waals surface area contributed by atoms with Gasteiger partial charge in [-0.05, 0) is 27.2 Å². The van der Waals surface area contributed by atoms with Crippen LogP contribution in [0.25, 0.3) is 0 Å². The summed E-state index contributed by atoms with van der Waals surface area (Å²) in [7, 11) is 0. The molecule has 7 nitrogen and oxygen atoms in total. The summed E-state index contributed by atoms with van der Waals surface area (Å²) in [5.74, 6) is -0.956. The molecule has 1 unspecified atom stereocenters. The first-order valence-corrected chi connectivity index (χ1v) is 6.73. The van der Waals surface area contributed by atoms with E-state index in [1.165, 1.54) is 11.6 Å². The molecule has 0 bridgehead atoms. The number of nitrogens with zero attached hydrogens (tertiary/aromatic N) is 2. The molecule has 20 heavy (non-hydrogen) atoms. The van der Waals surface area contributed by atoms with Gasteiger partial charge in [-0.1, -0.05) is 6.92 Å². The van der Waals surface area contributed by atoms with Crippen molar-refractivity contribution in [3.05, 3.63) is 11.4 Å². The maximum absolute atomic E-state index is 12.1. The summed E-state index contributed by atoms with van der Waals surface area (Å²) >= 11 is 0. The van der Waals surface area contributed by atoms with Crippen molar-refractivity contribution in [1.82, 2.24) is 15.1 Å². The van der Waals surface area contributed by atoms with Crippen LogP contribution in [0.5, 0.6) is 0 Å². The first kappa shape index (κ1) is 16.0. The lowest BCUT2D eigenvalue weighted by molar-refractivity contribution is -0.129. The number of ether oxygens (including phenoxy) is 1. The number of esters is 1. The van der Waals surface area contributed by atoms with Gasteiger partial charge in [0.2, 0.25) is 0 Å². The number of carbonyl (C=O) groups excluding carboxylic acids is 2. The first-order valence-electron chi connectivity index (χ1n) is 6.73. The molecule has 0 radical (unpaired) electrons. The molecule has 112 valence electrons. The van der Waals surface area contributed by atoms with Crippen molar-refractivity contribution in [2.24, 2.45) is 0 Å². The minimum Gasteiger partial charge on any atom is -0.448 e. The van der Waals surface area contributed by atoms with E-state index >= 15 is 0 Å². The number of amides is 1. The van der Waals surface area contributed by atoms with Crippen molar-refractivity contribution >= 4 is 17.6 Å². The van der Waals surface area contributed by atoms with Crippen molar-refractivity contribution in [3.63, 3.8) is 0 Å². The predicted molar refractivity (Wildman–Crippen MR) is 75.2 cm³/mol. The molecule has 7 heteroatoms. The molecular weight excluding hydrogens is 260 g/mol. The second-order valence-electron chi connectivity index (χ2n) is 4.50. The van der Waals surface area contributed by atoms with Crippen molar-refractivity contribution in [1.29, 1.82) is 0 Å². The van der Waals surface area contributed by atoms with E-state index in [0.717, 1.165) is 6.42 Å². The Morgan fingerprint density at radius 1 is 1.45 bits per heavy atom. The molecule has 0 spiro atoms. The number of hydrogen-bond acceptors (Lipinski definition) is 5. The van der Waals surface area contributed by atoms with Crippen LogP contribution >= 0.6 is 0 Å². The van der Waals surface area contributed by atoms with Gasteiger partial charge in [-0.3, -0.25) is 9.48 Å². The quantitative estimate of drug-likeness (QED) is 0.754. The monoisotopic (exact) mass is 282 g/mol. The van der Waals surface area contributed by atoms with E-state index in [9.17, 15) is 9.59 Å². The smallest absolute Gasteiger partial charge is 0.359 e. The van der Waals surface area contributed by atoms with Crippen LogP contribution in [0.1, 0.15) is 43.4 Å². The second kappa shape index (κ2) is 6.93. The van der Waals surface area contributed by atoms with E-state index in [4.69, 9.17) is 10.5 Å². The van der Waals surface area contributed by atoms with Crippen LogP contribution in [0.3, 0.4) is 0 Å². The Balaban J connectivity index is 2.79. The lowest BCUT2D eigenvalue weighted by Gasteiger charge is -2.13. The summed E-state index contributed by atoms with van der Waals surface area (Å²) in [4.78, 5) is 23.8. The third kappa shape index (κ3) is 3.49. The predicted octanol–water partition coefficient (Wildman–Crippen LogP) is 0.865. The minimum absolute atomic E-state index is 0.195. The molecular formula is C13H22N4O3. The lowest BCUT2D eigenvalue weighted by Crippen LogP contribution is -2.36. The summed E-state index contributed by atoms with van der Waals surface area (Å²) in [5.41, 5.74) is 6.88. The SMILES string of the molecule is CCCNC(=O)C(C)OC(=O)c1c(N)c(C)nn1CC. The molecule has 0 saturated heterocycles. The van der Waals surface area contributed by atoms with Gasteiger partial charge in [0.1, 0.15) is 0 Å². The number of carbonyl (C=O) groups is 2. The number of rotatable bonds is 6. The number of anilines is 1. The molecule has 0 fully saturated rings. The largest absolute Gasteiger partial charge is 0.448 e. The molecule has 1 heterocycles. The van der Waals surface area contributed by atoms with E-state index in [1.54, 1.807) is 6.92 Å². The Morgan fingerprint density at radius 3 is 2.65 bits per heavy atom. The first-order chi connectivity index (χ1) is 9.42. The van der Waals surface area contributed by atoms with E-state index in [-0.39, 0.29) is 17.3 Å². The molecule has 0 aliphatic heterocycles. The molecule has 0 aromatic carbocycles. The molecule has 1 aromatic heterocycles. The van der Waals surface area contributed by atoms with Crippen LogP contribution in [0.4, 0.5) is 5.69 Å². The van der Waals surface area contributed by atoms with Gasteiger partial charge >= 0.3 is 5.97 Å². The number of aryl methyl sites for hydroxylation is 2. The van der Waals surface area contributed by atoms with Crippen molar-refractivity contribution in [3.8, 4) is 0 Å². The fourth-order valence-electron chi connectivity index (χ4n) is 1.70. The number of hydrogen-bond donors (Lipinski definition) is 2. The number of nitrogens with two attached hydrogens (primary N) is 1. The molecule has 1 amide bonds. The fourth-order valence-corrected chi connectivity index (χ4v) is 1.70. The van der Waals surface area contributed by atoms with E-state index in [2.05, 4.69) is 10.4 Å².